The highest BCUT2D eigenvalue weighted by atomic mass is 32.1. The second-order valence-corrected chi connectivity index (χ2v) is 20.6. The molecule has 3 aliphatic rings. The summed E-state index contributed by atoms with van der Waals surface area (Å²) in [6, 6.07) is 51.2. The lowest BCUT2D eigenvalue weighted by Crippen LogP contribution is -2.59. The Morgan fingerprint density at radius 1 is 0.621 bits per heavy atom. The second-order valence-electron chi connectivity index (χ2n) is 19.6. The van der Waals surface area contributed by atoms with E-state index in [4.69, 9.17) is 0 Å². The van der Waals surface area contributed by atoms with Crippen molar-refractivity contribution in [3.63, 3.8) is 0 Å². The molecule has 58 heavy (non-hydrogen) atoms. The number of nitrogens with zero attached hydrogens (tertiary/aromatic N) is 2. The molecule has 0 unspecified atom stereocenters. The summed E-state index contributed by atoms with van der Waals surface area (Å²) in [5.41, 5.74) is 17.8. The number of thiophene rings is 1. The van der Waals surface area contributed by atoms with Crippen molar-refractivity contribution >= 4 is 82.5 Å². The predicted octanol–water partition coefficient (Wildman–Crippen LogP) is 13.7. The molecule has 2 nitrogen and oxygen atoms in total. The van der Waals surface area contributed by atoms with Crippen molar-refractivity contribution in [3.8, 4) is 27.9 Å². The summed E-state index contributed by atoms with van der Waals surface area (Å²) in [7, 11) is 0. The van der Waals surface area contributed by atoms with E-state index in [1.165, 1.54) is 122 Å². The van der Waals surface area contributed by atoms with Gasteiger partial charge in [-0.05, 0) is 115 Å². The largest absolute Gasteiger partial charge is 0.376 e. The van der Waals surface area contributed by atoms with Gasteiger partial charge in [-0.1, -0.05) is 146 Å². The van der Waals surface area contributed by atoms with E-state index in [1.807, 2.05) is 11.3 Å². The van der Waals surface area contributed by atoms with Crippen molar-refractivity contribution in [1.82, 2.24) is 4.57 Å². The third-order valence-electron chi connectivity index (χ3n) is 14.1. The smallest absolute Gasteiger partial charge is 0.343 e. The van der Waals surface area contributed by atoms with Gasteiger partial charge in [-0.2, -0.15) is 0 Å². The first kappa shape index (κ1) is 34.5. The normalized spacial score (nSPS) is 16.3. The molecule has 12 rings (SSSR count). The summed E-state index contributed by atoms with van der Waals surface area (Å²) in [5.74, 6) is 0. The Kier molecular flexibility index (Phi) is 6.86. The molecule has 0 bridgehead atoms. The third-order valence-corrected chi connectivity index (χ3v) is 15.3. The van der Waals surface area contributed by atoms with Crippen molar-refractivity contribution in [3.05, 3.63) is 150 Å². The Balaban J connectivity index is 1.28. The fourth-order valence-corrected chi connectivity index (χ4v) is 12.4. The van der Waals surface area contributed by atoms with E-state index in [0.29, 0.717) is 0 Å². The molecule has 9 aromatic rings. The standard InChI is InChI=1S/C54H47BN2S/c1-52(2,3)42-31-38-37-19-13-14-20-43(37)57(35-23-24-40-41(30-35)54(6,7)28-27-53(40,4)5)55-48(38)50-47(42)46-36-18-12-11-17-33(36)21-25-44(46)56(50)49-39-29-34(32-15-9-8-10-16-32)22-26-45(39)58-51(49)55/h8-26,29-31H,27-28H2,1-7H3. The third kappa shape index (κ3) is 4.56. The summed E-state index contributed by atoms with van der Waals surface area (Å²) in [4.78, 5) is 2.73. The van der Waals surface area contributed by atoms with Gasteiger partial charge in [-0.15, -0.1) is 11.3 Å². The minimum absolute atomic E-state index is 0.00478. The SMILES string of the molecule is CC(C)(C)c1cc2c3c4c1c1c5ccccc5ccc1n4-c1c(sc4ccc(-c5ccccc5)cc14)B3N(c1ccc3c(c1)C(C)(C)CCC3(C)C)c1ccccc1-2. The highest BCUT2D eigenvalue weighted by Gasteiger charge is 2.47. The molecule has 4 heteroatoms. The summed E-state index contributed by atoms with van der Waals surface area (Å²) in [6.45, 7) is 17.0. The Labute approximate surface area is 345 Å². The zero-order valence-electron chi connectivity index (χ0n) is 34.5. The van der Waals surface area contributed by atoms with Gasteiger partial charge in [0, 0.05) is 42.6 Å². The fraction of sp³-hybridized carbons (Fsp3) is 0.222. The van der Waals surface area contributed by atoms with E-state index in [2.05, 4.69) is 191 Å². The quantitative estimate of drug-likeness (QED) is 0.159. The summed E-state index contributed by atoms with van der Waals surface area (Å²) >= 11 is 1.99. The molecule has 7 aromatic carbocycles. The van der Waals surface area contributed by atoms with Gasteiger partial charge in [0.05, 0.1) is 16.7 Å². The lowest BCUT2D eigenvalue weighted by molar-refractivity contribution is 0.332. The van der Waals surface area contributed by atoms with Crippen LogP contribution in [0, 0.1) is 0 Å². The number of aromatic nitrogens is 1. The monoisotopic (exact) mass is 766 g/mol. The van der Waals surface area contributed by atoms with E-state index < -0.39 is 0 Å². The van der Waals surface area contributed by atoms with Crippen LogP contribution in [0.1, 0.15) is 78.0 Å². The number of benzene rings is 7. The topological polar surface area (TPSA) is 8.17 Å². The van der Waals surface area contributed by atoms with Crippen LogP contribution in [0.4, 0.5) is 11.4 Å². The molecule has 0 spiro atoms. The maximum absolute atomic E-state index is 2.73. The van der Waals surface area contributed by atoms with Crippen LogP contribution in [0.5, 0.6) is 0 Å². The second kappa shape index (κ2) is 11.5. The Morgan fingerprint density at radius 2 is 1.36 bits per heavy atom. The Hall–Kier alpha value is -5.58. The maximum Gasteiger partial charge on any atom is 0.343 e. The molecule has 2 aliphatic heterocycles. The van der Waals surface area contributed by atoms with Crippen molar-refractivity contribution in [2.75, 3.05) is 4.81 Å². The first-order valence-electron chi connectivity index (χ1n) is 21.1. The molecule has 0 amide bonds. The molecule has 0 saturated carbocycles. The van der Waals surface area contributed by atoms with E-state index in [-0.39, 0.29) is 23.1 Å². The van der Waals surface area contributed by atoms with Crippen LogP contribution < -0.4 is 15.1 Å². The van der Waals surface area contributed by atoms with Gasteiger partial charge in [0.15, 0.2) is 0 Å². The van der Waals surface area contributed by atoms with Crippen LogP contribution in [-0.2, 0) is 16.2 Å². The highest BCUT2D eigenvalue weighted by molar-refractivity contribution is 7.32. The number of rotatable bonds is 2. The van der Waals surface area contributed by atoms with Crippen molar-refractivity contribution in [2.45, 2.75) is 77.6 Å². The number of hydrogen-bond donors (Lipinski definition) is 0. The molecule has 2 aromatic heterocycles. The molecular weight excluding hydrogens is 719 g/mol. The summed E-state index contributed by atoms with van der Waals surface area (Å²) in [5, 5.41) is 6.71. The van der Waals surface area contributed by atoms with Gasteiger partial charge in [0.25, 0.3) is 0 Å². The van der Waals surface area contributed by atoms with Gasteiger partial charge >= 0.3 is 6.85 Å². The Bertz CT molecular complexity index is 3230. The average molecular weight is 767 g/mol. The molecule has 0 N–H and O–H groups in total. The van der Waals surface area contributed by atoms with Crippen molar-refractivity contribution < 1.29 is 0 Å². The number of hydrogen-bond acceptors (Lipinski definition) is 2. The van der Waals surface area contributed by atoms with Gasteiger partial charge in [-0.3, -0.25) is 0 Å². The molecule has 0 radical (unpaired) electrons. The number of fused-ring (bicyclic) bond motifs is 13. The Morgan fingerprint density at radius 3 is 2.17 bits per heavy atom. The number of anilines is 2. The average Bonchev–Trinajstić information content (AvgIpc) is 3.78. The molecule has 4 heterocycles. The zero-order valence-corrected chi connectivity index (χ0v) is 35.3. The molecule has 0 fully saturated rings. The van der Waals surface area contributed by atoms with Gasteiger partial charge in [-0.25, -0.2) is 0 Å². The van der Waals surface area contributed by atoms with E-state index >= 15 is 0 Å². The summed E-state index contributed by atoms with van der Waals surface area (Å²) < 4.78 is 5.45. The first-order chi connectivity index (χ1) is 27.9. The minimum atomic E-state index is -0.0962. The van der Waals surface area contributed by atoms with E-state index in [0.717, 1.165) is 0 Å². The minimum Gasteiger partial charge on any atom is -0.376 e. The van der Waals surface area contributed by atoms with Crippen molar-refractivity contribution in [1.29, 1.82) is 0 Å². The fourth-order valence-electron chi connectivity index (χ4n) is 11.1. The van der Waals surface area contributed by atoms with Crippen LogP contribution in [0.15, 0.2) is 133 Å². The summed E-state index contributed by atoms with van der Waals surface area (Å²) in [6.07, 6.45) is 2.39. The zero-order chi connectivity index (χ0) is 39.5. The van der Waals surface area contributed by atoms with E-state index in [1.54, 1.807) is 0 Å². The molecule has 0 atom stereocenters. The van der Waals surface area contributed by atoms with Crippen LogP contribution >= 0.6 is 11.3 Å². The lowest BCUT2D eigenvalue weighted by atomic mass is 9.46. The molecule has 282 valence electrons. The van der Waals surface area contributed by atoms with Crippen molar-refractivity contribution in [2.24, 2.45) is 0 Å². The molecule has 0 saturated heterocycles. The predicted molar refractivity (Wildman–Crippen MR) is 252 cm³/mol. The number of para-hydroxylation sites is 1. The van der Waals surface area contributed by atoms with Gasteiger partial charge < -0.3 is 9.38 Å². The molecule has 1 aliphatic carbocycles. The van der Waals surface area contributed by atoms with Gasteiger partial charge in [0.2, 0.25) is 0 Å². The van der Waals surface area contributed by atoms with Crippen LogP contribution in [-0.4, -0.2) is 11.4 Å². The highest BCUT2D eigenvalue weighted by Crippen LogP contribution is 2.52. The van der Waals surface area contributed by atoms with Gasteiger partial charge in [0.1, 0.15) is 0 Å². The van der Waals surface area contributed by atoms with Crippen LogP contribution in [0.3, 0.4) is 0 Å². The lowest BCUT2D eigenvalue weighted by Gasteiger charge is -2.44. The van der Waals surface area contributed by atoms with E-state index in [9.17, 15) is 0 Å². The van der Waals surface area contributed by atoms with Crippen LogP contribution in [0.25, 0.3) is 70.6 Å². The first-order valence-corrected chi connectivity index (χ1v) is 21.9. The maximum atomic E-state index is 2.73. The molecular formula is C54H47BN2S. The van der Waals surface area contributed by atoms with Crippen LogP contribution in [0.2, 0.25) is 0 Å².